The SMILES string of the molecule is CC(C)(C)S(=O)CC(=O)c1c(F)cccc1F. The standard InChI is InChI=1S/C12H14F2O2S/c1-12(2,3)17(16)7-10(15)11-8(13)5-4-6-9(11)14/h4-6H,7H2,1-3H3. The van der Waals surface area contributed by atoms with E-state index in [4.69, 9.17) is 0 Å². The van der Waals surface area contributed by atoms with Gasteiger partial charge in [-0.3, -0.25) is 9.00 Å². The normalized spacial score (nSPS) is 13.5. The lowest BCUT2D eigenvalue weighted by Gasteiger charge is -2.17. The van der Waals surface area contributed by atoms with Gasteiger partial charge in [0.25, 0.3) is 0 Å². The van der Waals surface area contributed by atoms with Crippen molar-refractivity contribution in [2.45, 2.75) is 25.5 Å². The summed E-state index contributed by atoms with van der Waals surface area (Å²) in [5.74, 6) is -2.97. The lowest BCUT2D eigenvalue weighted by Crippen LogP contribution is -2.28. The quantitative estimate of drug-likeness (QED) is 0.783. The average Bonchev–Trinajstić information content (AvgIpc) is 2.15. The minimum atomic E-state index is -1.47. The number of carbonyl (C=O) groups is 1. The molecule has 5 heteroatoms. The molecule has 94 valence electrons. The first-order valence-electron chi connectivity index (χ1n) is 5.09. The summed E-state index contributed by atoms with van der Waals surface area (Å²) in [4.78, 5) is 11.7. The smallest absolute Gasteiger partial charge is 0.181 e. The monoisotopic (exact) mass is 260 g/mol. The summed E-state index contributed by atoms with van der Waals surface area (Å²) in [5.41, 5.74) is -0.606. The maximum absolute atomic E-state index is 13.3. The van der Waals surface area contributed by atoms with Crippen molar-refractivity contribution in [3.8, 4) is 0 Å². The first-order valence-corrected chi connectivity index (χ1v) is 6.41. The average molecular weight is 260 g/mol. The van der Waals surface area contributed by atoms with Crippen LogP contribution in [0.1, 0.15) is 31.1 Å². The van der Waals surface area contributed by atoms with Gasteiger partial charge in [-0.25, -0.2) is 8.78 Å². The summed E-state index contributed by atoms with van der Waals surface area (Å²) < 4.78 is 37.7. The summed E-state index contributed by atoms with van der Waals surface area (Å²) in [6.45, 7) is 5.11. The molecular formula is C12H14F2O2S. The third-order valence-electron chi connectivity index (χ3n) is 2.19. The van der Waals surface area contributed by atoms with Crippen molar-refractivity contribution in [3.05, 3.63) is 35.4 Å². The van der Waals surface area contributed by atoms with Crippen LogP contribution >= 0.6 is 0 Å². The van der Waals surface area contributed by atoms with Crippen molar-refractivity contribution < 1.29 is 17.8 Å². The highest BCUT2D eigenvalue weighted by Crippen LogP contribution is 2.17. The second kappa shape index (κ2) is 5.04. The molecule has 1 aromatic carbocycles. The van der Waals surface area contributed by atoms with Gasteiger partial charge >= 0.3 is 0 Å². The van der Waals surface area contributed by atoms with Crippen molar-refractivity contribution in [1.82, 2.24) is 0 Å². The van der Waals surface area contributed by atoms with E-state index in [-0.39, 0.29) is 5.75 Å². The Morgan fingerprint density at radius 1 is 1.24 bits per heavy atom. The summed E-state index contributed by atoms with van der Waals surface area (Å²) >= 11 is 0. The minimum absolute atomic E-state index is 0.374. The van der Waals surface area contributed by atoms with E-state index < -0.39 is 38.5 Å². The van der Waals surface area contributed by atoms with Gasteiger partial charge < -0.3 is 0 Å². The molecule has 0 amide bonds. The molecule has 1 atom stereocenters. The van der Waals surface area contributed by atoms with Crippen LogP contribution in [0.15, 0.2) is 18.2 Å². The van der Waals surface area contributed by atoms with Crippen molar-refractivity contribution in [2.75, 3.05) is 5.75 Å². The predicted molar refractivity (Wildman–Crippen MR) is 63.5 cm³/mol. The number of halogens is 2. The number of benzene rings is 1. The van der Waals surface area contributed by atoms with Gasteiger partial charge in [0, 0.05) is 15.5 Å². The fourth-order valence-electron chi connectivity index (χ4n) is 1.17. The maximum Gasteiger partial charge on any atom is 0.181 e. The second-order valence-corrected chi connectivity index (χ2v) is 6.83. The van der Waals surface area contributed by atoms with E-state index in [0.717, 1.165) is 12.1 Å². The van der Waals surface area contributed by atoms with Crippen molar-refractivity contribution in [2.24, 2.45) is 0 Å². The lowest BCUT2D eigenvalue weighted by atomic mass is 10.1. The van der Waals surface area contributed by atoms with Gasteiger partial charge in [0.1, 0.15) is 11.6 Å². The van der Waals surface area contributed by atoms with Gasteiger partial charge in [0.2, 0.25) is 0 Å². The van der Waals surface area contributed by atoms with Gasteiger partial charge in [-0.2, -0.15) is 0 Å². The largest absolute Gasteiger partial charge is 0.293 e. The molecule has 0 aliphatic rings. The molecule has 0 bridgehead atoms. The lowest BCUT2D eigenvalue weighted by molar-refractivity contribution is 0.101. The Balaban J connectivity index is 2.96. The van der Waals surface area contributed by atoms with Crippen LogP contribution in [0, 0.1) is 11.6 Å². The Kier molecular flexibility index (Phi) is 4.14. The molecule has 0 aliphatic heterocycles. The zero-order valence-corrected chi connectivity index (χ0v) is 10.7. The second-order valence-electron chi connectivity index (χ2n) is 4.62. The molecular weight excluding hydrogens is 246 g/mol. The highest BCUT2D eigenvalue weighted by atomic mass is 32.2. The molecule has 0 saturated carbocycles. The Bertz CT molecular complexity index is 444. The Morgan fingerprint density at radius 2 is 1.71 bits per heavy atom. The molecule has 1 unspecified atom stereocenters. The van der Waals surface area contributed by atoms with Gasteiger partial charge in [-0.1, -0.05) is 6.07 Å². The van der Waals surface area contributed by atoms with Crippen LogP contribution in [0.2, 0.25) is 0 Å². The van der Waals surface area contributed by atoms with Crippen LogP contribution in [0.5, 0.6) is 0 Å². The molecule has 17 heavy (non-hydrogen) atoms. The van der Waals surface area contributed by atoms with Crippen LogP contribution in [-0.4, -0.2) is 20.5 Å². The summed E-state index contributed by atoms with van der Waals surface area (Å²) in [6.07, 6.45) is 0. The fraction of sp³-hybridized carbons (Fsp3) is 0.417. The van der Waals surface area contributed by atoms with Crippen LogP contribution in [-0.2, 0) is 10.8 Å². The maximum atomic E-state index is 13.3. The van der Waals surface area contributed by atoms with E-state index in [2.05, 4.69) is 0 Å². The molecule has 1 aromatic rings. The Hall–Kier alpha value is -1.10. The van der Waals surface area contributed by atoms with E-state index in [1.165, 1.54) is 6.07 Å². The van der Waals surface area contributed by atoms with Gasteiger partial charge in [0.15, 0.2) is 5.78 Å². The first-order chi connectivity index (χ1) is 7.73. The molecule has 0 saturated heterocycles. The molecule has 1 rings (SSSR count). The summed E-state index contributed by atoms with van der Waals surface area (Å²) in [5, 5.41) is 0. The van der Waals surface area contributed by atoms with E-state index in [9.17, 15) is 17.8 Å². The number of ketones is 1. The molecule has 0 radical (unpaired) electrons. The number of carbonyl (C=O) groups excluding carboxylic acids is 1. The molecule has 2 nitrogen and oxygen atoms in total. The van der Waals surface area contributed by atoms with E-state index in [0.29, 0.717) is 0 Å². The van der Waals surface area contributed by atoms with Crippen LogP contribution in [0.25, 0.3) is 0 Å². The fourth-order valence-corrected chi connectivity index (χ4v) is 1.99. The third kappa shape index (κ3) is 3.43. The topological polar surface area (TPSA) is 34.1 Å². The van der Waals surface area contributed by atoms with Crippen molar-refractivity contribution in [1.29, 1.82) is 0 Å². The zero-order chi connectivity index (χ0) is 13.2. The van der Waals surface area contributed by atoms with Crippen molar-refractivity contribution in [3.63, 3.8) is 0 Å². The van der Waals surface area contributed by atoms with Crippen LogP contribution < -0.4 is 0 Å². The van der Waals surface area contributed by atoms with Crippen LogP contribution in [0.3, 0.4) is 0 Å². The molecule has 0 N–H and O–H groups in total. The molecule has 0 fully saturated rings. The summed E-state index contributed by atoms with van der Waals surface area (Å²) in [6, 6.07) is 3.20. The predicted octanol–water partition coefficient (Wildman–Crippen LogP) is 2.69. The van der Waals surface area contributed by atoms with Gasteiger partial charge in [0.05, 0.1) is 11.3 Å². The first kappa shape index (κ1) is 14.0. The van der Waals surface area contributed by atoms with E-state index in [1.54, 1.807) is 20.8 Å². The third-order valence-corrected chi connectivity index (χ3v) is 4.08. The van der Waals surface area contributed by atoms with Gasteiger partial charge in [-0.05, 0) is 32.9 Å². The number of hydrogen-bond donors (Lipinski definition) is 0. The molecule has 0 aliphatic carbocycles. The number of rotatable bonds is 3. The number of hydrogen-bond acceptors (Lipinski definition) is 2. The minimum Gasteiger partial charge on any atom is -0.293 e. The number of Topliss-reactive ketones (excluding diaryl/α,β-unsaturated/α-hetero) is 1. The van der Waals surface area contributed by atoms with Crippen LogP contribution in [0.4, 0.5) is 8.78 Å². The van der Waals surface area contributed by atoms with E-state index >= 15 is 0 Å². The summed E-state index contributed by atoms with van der Waals surface area (Å²) in [7, 11) is -1.47. The van der Waals surface area contributed by atoms with Crippen molar-refractivity contribution >= 4 is 16.6 Å². The molecule has 0 aromatic heterocycles. The Morgan fingerprint density at radius 3 is 2.12 bits per heavy atom. The Labute approximate surface area is 101 Å². The molecule has 0 spiro atoms. The molecule has 0 heterocycles. The highest BCUT2D eigenvalue weighted by Gasteiger charge is 2.25. The highest BCUT2D eigenvalue weighted by molar-refractivity contribution is 7.87. The van der Waals surface area contributed by atoms with E-state index in [1.807, 2.05) is 0 Å². The van der Waals surface area contributed by atoms with Gasteiger partial charge in [-0.15, -0.1) is 0 Å². The zero-order valence-electron chi connectivity index (χ0n) is 9.92.